The van der Waals surface area contributed by atoms with E-state index in [2.05, 4.69) is 0 Å². The van der Waals surface area contributed by atoms with Crippen LogP contribution in [0, 0.1) is 0 Å². The van der Waals surface area contributed by atoms with Gasteiger partial charge in [0.25, 0.3) is 0 Å². The highest BCUT2D eigenvalue weighted by molar-refractivity contribution is 6.77. The zero-order chi connectivity index (χ0) is 41.6. The molecule has 0 bridgehead atoms. The Kier molecular flexibility index (Phi) is 10.2. The standard InChI is InChI=1S/C34B22/c35-13-9(20(42)21(43)12-11(13)24(46)33(55)34(56)25(12)47)2-6-3(15(37)27(49)29(51)17(6)39)1(4-7(2)18(40)30(52)28(50)16(4)38)5-8-10(22(44)26(48)14(5)36)23(45)32(54)31(53)19(8)41. The van der Waals surface area contributed by atoms with Gasteiger partial charge in [-0.15, -0.1) is 49.2 Å². The van der Waals surface area contributed by atoms with Crippen molar-refractivity contribution in [1.82, 2.24) is 0 Å². The molecule has 7 rings (SSSR count). The topological polar surface area (TPSA) is 0 Å². The summed E-state index contributed by atoms with van der Waals surface area (Å²) in [6.45, 7) is 0. The summed E-state index contributed by atoms with van der Waals surface area (Å²) in [4.78, 5) is 0. The molecule has 22 heteroatoms. The molecule has 0 aliphatic heterocycles. The molecule has 0 unspecified atom stereocenters. The second-order valence-electron chi connectivity index (χ2n) is 13.6. The summed E-state index contributed by atoms with van der Waals surface area (Å²) < 4.78 is 0. The number of benzene rings is 7. The molecule has 0 heterocycles. The monoisotopic (exact) mass is 650 g/mol. The Morgan fingerprint density at radius 1 is 0.107 bits per heavy atom. The van der Waals surface area contributed by atoms with E-state index in [9.17, 15) is 0 Å². The van der Waals surface area contributed by atoms with Crippen LogP contribution in [0.4, 0.5) is 0 Å². The van der Waals surface area contributed by atoms with Crippen molar-refractivity contribution in [1.29, 1.82) is 0 Å². The molecular weight excluding hydrogens is 646 g/mol. The molecule has 0 aliphatic carbocycles. The number of hydrogen-bond donors (Lipinski definition) is 0. The molecule has 0 spiro atoms. The second kappa shape index (κ2) is 13.8. The van der Waals surface area contributed by atoms with Crippen molar-refractivity contribution >= 4 is 336 Å². The quantitative estimate of drug-likeness (QED) is 0.130. The summed E-state index contributed by atoms with van der Waals surface area (Å²) in [7, 11) is 146. The minimum Gasteiger partial charge on any atom is -0.110 e. The third-order valence-corrected chi connectivity index (χ3v) is 10.9. The van der Waals surface area contributed by atoms with Crippen LogP contribution < -0.4 is 120 Å². The van der Waals surface area contributed by atoms with Crippen LogP contribution >= 0.6 is 0 Å². The fraction of sp³-hybridized carbons (Fsp3) is 0. The van der Waals surface area contributed by atoms with Gasteiger partial charge in [0.15, 0.2) is 0 Å². The van der Waals surface area contributed by atoms with Gasteiger partial charge in [-0.05, 0) is 65.3 Å². The predicted octanol–water partition coefficient (Wildman–Crippen LogP) is -16.9. The minimum absolute atomic E-state index is 0.00721. The lowest BCUT2D eigenvalue weighted by Gasteiger charge is -2.33. The summed E-state index contributed by atoms with van der Waals surface area (Å²) in [6, 6.07) is 0. The second-order valence-corrected chi connectivity index (χ2v) is 13.6. The van der Waals surface area contributed by atoms with Crippen molar-refractivity contribution in [3.05, 3.63) is 0 Å². The smallest absolute Gasteiger partial charge is 0.110 e. The van der Waals surface area contributed by atoms with Crippen molar-refractivity contribution in [2.24, 2.45) is 0 Å². The van der Waals surface area contributed by atoms with Crippen LogP contribution in [0.3, 0.4) is 0 Å². The highest BCUT2D eigenvalue weighted by atomic mass is 14.3. The Morgan fingerprint density at radius 2 is 0.268 bits per heavy atom. The van der Waals surface area contributed by atoms with E-state index in [1.807, 2.05) is 0 Å². The largest absolute Gasteiger partial charge is 0.115 e. The van der Waals surface area contributed by atoms with Gasteiger partial charge in [-0.2, -0.15) is 0 Å². The molecule has 0 fully saturated rings. The maximum absolute atomic E-state index is 7.03. The van der Waals surface area contributed by atoms with Crippen LogP contribution in [0.25, 0.3) is 65.3 Å². The SMILES string of the molecule is [B]c1c([B])c([B])c2c([B])c(-c3c4c([B])c([B])c([B])c([B])c4c(-c4c([B])c([B])c([B])c5c([B])c([B])c([B])c([B])c45)c4c([B])c([B])c([B])c([B])c34)c([B])c([B])c2c1[B]. The third-order valence-electron chi connectivity index (χ3n) is 10.9. The minimum atomic E-state index is -0.140. The molecule has 0 saturated carbocycles. The lowest BCUT2D eigenvalue weighted by Crippen LogP contribution is -2.53. The Hall–Kier alpha value is -2.99. The van der Waals surface area contributed by atoms with Crippen molar-refractivity contribution in [2.45, 2.75) is 0 Å². The molecular formula is C34B22. The molecule has 0 saturated heterocycles. The lowest BCUT2D eigenvalue weighted by atomic mass is 9.55. The van der Waals surface area contributed by atoms with Gasteiger partial charge in [-0.1, -0.05) is 71.0 Å². The summed E-state index contributed by atoms with van der Waals surface area (Å²) >= 11 is 0. The van der Waals surface area contributed by atoms with Gasteiger partial charge < -0.3 is 0 Å². The highest BCUT2D eigenvalue weighted by Gasteiger charge is 2.29. The summed E-state index contributed by atoms with van der Waals surface area (Å²) in [5, 5.41) is 0.650. The molecule has 0 amide bonds. The van der Waals surface area contributed by atoms with Crippen molar-refractivity contribution in [2.75, 3.05) is 0 Å². The maximum Gasteiger partial charge on any atom is 0.115 e. The van der Waals surface area contributed by atoms with Crippen LogP contribution in [0.5, 0.6) is 0 Å². The van der Waals surface area contributed by atoms with Gasteiger partial charge >= 0.3 is 0 Å². The molecule has 0 atom stereocenters. The van der Waals surface area contributed by atoms with E-state index >= 15 is 0 Å². The Bertz CT molecular complexity index is 2950. The van der Waals surface area contributed by atoms with E-state index in [1.54, 1.807) is 0 Å². The number of rotatable bonds is 2. The lowest BCUT2D eigenvalue weighted by molar-refractivity contribution is 1.86. The van der Waals surface area contributed by atoms with Gasteiger partial charge in [0, 0.05) is 0 Å². The maximum atomic E-state index is 7.03. The van der Waals surface area contributed by atoms with Gasteiger partial charge in [-0.3, -0.25) is 0 Å². The number of fused-ring (bicyclic) bond motifs is 4. The zero-order valence-corrected chi connectivity index (χ0v) is 29.7. The Balaban J connectivity index is 1.96. The zero-order valence-electron chi connectivity index (χ0n) is 29.7. The van der Waals surface area contributed by atoms with E-state index in [4.69, 9.17) is 173 Å². The molecule has 7 aromatic rings. The van der Waals surface area contributed by atoms with E-state index in [0.29, 0.717) is 0 Å². The number of hydrogen-bond acceptors (Lipinski definition) is 0. The predicted molar refractivity (Wildman–Crippen MR) is 266 cm³/mol. The van der Waals surface area contributed by atoms with Gasteiger partial charge in [0.1, 0.15) is 173 Å². The van der Waals surface area contributed by atoms with Crippen LogP contribution in [0.2, 0.25) is 0 Å². The Morgan fingerprint density at radius 3 is 0.571 bits per heavy atom. The first-order chi connectivity index (χ1) is 26.0. The first kappa shape index (κ1) is 41.2. The molecule has 56 heavy (non-hydrogen) atoms. The van der Waals surface area contributed by atoms with Gasteiger partial charge in [0.05, 0.1) is 0 Å². The fourth-order valence-electron chi connectivity index (χ4n) is 7.82. The van der Waals surface area contributed by atoms with Crippen LogP contribution in [0.15, 0.2) is 0 Å². The molecule has 0 nitrogen and oxygen atoms in total. The van der Waals surface area contributed by atoms with Crippen molar-refractivity contribution in [3.8, 4) is 22.3 Å². The first-order valence-electron chi connectivity index (χ1n) is 16.4. The van der Waals surface area contributed by atoms with Crippen LogP contribution in [-0.4, -0.2) is 173 Å². The van der Waals surface area contributed by atoms with Crippen LogP contribution in [0.1, 0.15) is 0 Å². The van der Waals surface area contributed by atoms with Gasteiger partial charge in [-0.25, -0.2) is 0 Å². The first-order valence-corrected chi connectivity index (χ1v) is 16.4. The molecule has 7 aromatic carbocycles. The molecule has 0 aromatic heterocycles. The fourth-order valence-corrected chi connectivity index (χ4v) is 7.82. The van der Waals surface area contributed by atoms with E-state index < -0.39 is 0 Å². The molecule has 202 valence electrons. The summed E-state index contributed by atoms with van der Waals surface area (Å²) in [5.74, 6) is 0. The van der Waals surface area contributed by atoms with Crippen LogP contribution in [-0.2, 0) is 0 Å². The summed E-state index contributed by atoms with van der Waals surface area (Å²) in [5.41, 5.74) is -2.05. The van der Waals surface area contributed by atoms with Gasteiger partial charge in [0.2, 0.25) is 0 Å². The van der Waals surface area contributed by atoms with Crippen molar-refractivity contribution < 1.29 is 0 Å². The molecule has 0 N–H and O–H groups in total. The highest BCUT2D eigenvalue weighted by Crippen LogP contribution is 2.40. The van der Waals surface area contributed by atoms with E-state index in [1.165, 1.54) is 0 Å². The average molecular weight is 646 g/mol. The summed E-state index contributed by atoms with van der Waals surface area (Å²) in [6.07, 6.45) is 0. The normalized spacial score (nSPS) is 11.7. The van der Waals surface area contributed by atoms with E-state index in [0.717, 1.165) is 0 Å². The van der Waals surface area contributed by atoms with Crippen molar-refractivity contribution in [3.63, 3.8) is 0 Å². The molecule has 44 radical (unpaired) electrons. The molecule has 0 aliphatic rings. The van der Waals surface area contributed by atoms with E-state index in [-0.39, 0.29) is 186 Å². The Labute approximate surface area is 356 Å². The average Bonchev–Trinajstić information content (AvgIpc) is 3.17. The third kappa shape index (κ3) is 5.17.